The van der Waals surface area contributed by atoms with Crippen LogP contribution in [-0.4, -0.2) is 33.7 Å². The minimum Gasteiger partial charge on any atom is -0.480 e. The molecular formula is C7H7N3O4. The molecule has 0 radical (unpaired) electrons. The molecule has 0 spiro atoms. The molecule has 0 saturated carbocycles. The minimum absolute atomic E-state index is 0.0362. The van der Waals surface area contributed by atoms with Crippen LogP contribution in [0.5, 0.6) is 0 Å². The lowest BCUT2D eigenvalue weighted by atomic mass is 10.3. The highest BCUT2D eigenvalue weighted by Crippen LogP contribution is 1.87. The van der Waals surface area contributed by atoms with Gasteiger partial charge >= 0.3 is 5.97 Å². The second-order valence-corrected chi connectivity index (χ2v) is 2.38. The molecule has 1 rings (SSSR count). The first kappa shape index (κ1) is 9.90. The molecule has 0 unspecified atom stereocenters. The lowest BCUT2D eigenvalue weighted by molar-refractivity contribution is -0.135. The Kier molecular flexibility index (Phi) is 2.95. The van der Waals surface area contributed by atoms with E-state index in [9.17, 15) is 14.4 Å². The van der Waals surface area contributed by atoms with E-state index in [1.807, 2.05) is 0 Å². The summed E-state index contributed by atoms with van der Waals surface area (Å²) in [5.74, 6) is -1.80. The first-order valence-electron chi connectivity index (χ1n) is 3.65. The number of carbonyl (C=O) groups excluding carboxylic acids is 1. The van der Waals surface area contributed by atoms with E-state index in [4.69, 9.17) is 5.11 Å². The molecule has 0 aromatic carbocycles. The van der Waals surface area contributed by atoms with Gasteiger partial charge in [0.15, 0.2) is 0 Å². The summed E-state index contributed by atoms with van der Waals surface area (Å²) in [6, 6.07) is 2.33. The Morgan fingerprint density at radius 2 is 2.21 bits per heavy atom. The van der Waals surface area contributed by atoms with Crippen LogP contribution in [0.1, 0.15) is 10.5 Å². The zero-order valence-electron chi connectivity index (χ0n) is 6.98. The van der Waals surface area contributed by atoms with Crippen molar-refractivity contribution >= 4 is 11.9 Å². The predicted molar refractivity (Wildman–Crippen MR) is 44.8 cm³/mol. The lowest BCUT2D eigenvalue weighted by Crippen LogP contribution is -2.30. The topological polar surface area (TPSA) is 112 Å². The van der Waals surface area contributed by atoms with Gasteiger partial charge in [0.25, 0.3) is 11.5 Å². The normalized spacial score (nSPS) is 9.43. The summed E-state index contributed by atoms with van der Waals surface area (Å²) >= 11 is 0. The van der Waals surface area contributed by atoms with Gasteiger partial charge in [-0.3, -0.25) is 14.4 Å². The van der Waals surface area contributed by atoms with Crippen LogP contribution in [0.4, 0.5) is 0 Å². The van der Waals surface area contributed by atoms with Gasteiger partial charge in [0.05, 0.1) is 0 Å². The van der Waals surface area contributed by atoms with Crippen molar-refractivity contribution in [2.75, 3.05) is 6.54 Å². The number of carboxylic acids is 1. The van der Waals surface area contributed by atoms with Crippen LogP contribution in [-0.2, 0) is 4.79 Å². The fraction of sp³-hybridized carbons (Fsp3) is 0.143. The van der Waals surface area contributed by atoms with E-state index in [-0.39, 0.29) is 5.69 Å². The molecule has 1 aromatic heterocycles. The van der Waals surface area contributed by atoms with Crippen molar-refractivity contribution < 1.29 is 14.7 Å². The number of nitrogens with one attached hydrogen (secondary N) is 2. The SMILES string of the molecule is O=C(O)CNC(=O)c1ccc(=O)[nH]n1. The molecule has 74 valence electrons. The molecule has 3 N–H and O–H groups in total. The molecule has 0 aliphatic carbocycles. The summed E-state index contributed by atoms with van der Waals surface area (Å²) < 4.78 is 0. The molecule has 14 heavy (non-hydrogen) atoms. The van der Waals surface area contributed by atoms with Crippen molar-refractivity contribution in [3.63, 3.8) is 0 Å². The van der Waals surface area contributed by atoms with Gasteiger partial charge in [-0.1, -0.05) is 0 Å². The van der Waals surface area contributed by atoms with E-state index in [0.29, 0.717) is 0 Å². The standard InChI is InChI=1S/C7H7N3O4/c11-5-2-1-4(9-10-5)7(14)8-3-6(12)13/h1-2H,3H2,(H,8,14)(H,10,11)(H,12,13). The Hall–Kier alpha value is -2.18. The molecule has 7 heteroatoms. The Balaban J connectivity index is 2.65. The van der Waals surface area contributed by atoms with Crippen molar-refractivity contribution in [3.05, 3.63) is 28.2 Å². The first-order chi connectivity index (χ1) is 6.59. The molecule has 0 aliphatic rings. The van der Waals surface area contributed by atoms with E-state index in [2.05, 4.69) is 15.5 Å². The van der Waals surface area contributed by atoms with Gasteiger partial charge < -0.3 is 10.4 Å². The van der Waals surface area contributed by atoms with Crippen molar-refractivity contribution in [3.8, 4) is 0 Å². The molecule has 0 atom stereocenters. The van der Waals surface area contributed by atoms with Crippen LogP contribution in [0.15, 0.2) is 16.9 Å². The summed E-state index contributed by atoms with van der Waals surface area (Å²) in [6.07, 6.45) is 0. The van der Waals surface area contributed by atoms with Crippen LogP contribution in [0.25, 0.3) is 0 Å². The van der Waals surface area contributed by atoms with Crippen LogP contribution >= 0.6 is 0 Å². The van der Waals surface area contributed by atoms with Crippen molar-refractivity contribution in [2.45, 2.75) is 0 Å². The molecule has 0 bridgehead atoms. The van der Waals surface area contributed by atoms with E-state index >= 15 is 0 Å². The predicted octanol–water partition coefficient (Wildman–Crippen LogP) is -1.42. The van der Waals surface area contributed by atoms with Gasteiger partial charge in [0, 0.05) is 6.07 Å². The average molecular weight is 197 g/mol. The van der Waals surface area contributed by atoms with E-state index in [1.165, 1.54) is 6.07 Å². The summed E-state index contributed by atoms with van der Waals surface area (Å²) in [7, 11) is 0. The highest BCUT2D eigenvalue weighted by atomic mass is 16.4. The van der Waals surface area contributed by atoms with E-state index < -0.39 is 24.0 Å². The van der Waals surface area contributed by atoms with Gasteiger partial charge in [-0.2, -0.15) is 5.10 Å². The number of amides is 1. The molecule has 1 heterocycles. The smallest absolute Gasteiger partial charge is 0.322 e. The van der Waals surface area contributed by atoms with Crippen LogP contribution < -0.4 is 10.9 Å². The number of carboxylic acid groups (broad SMARTS) is 1. The number of hydrogen-bond acceptors (Lipinski definition) is 4. The van der Waals surface area contributed by atoms with Gasteiger partial charge in [-0.15, -0.1) is 0 Å². The highest BCUT2D eigenvalue weighted by Gasteiger charge is 2.07. The largest absolute Gasteiger partial charge is 0.480 e. The van der Waals surface area contributed by atoms with Gasteiger partial charge in [-0.05, 0) is 6.07 Å². The third-order valence-electron chi connectivity index (χ3n) is 1.31. The van der Waals surface area contributed by atoms with Gasteiger partial charge in [0.1, 0.15) is 12.2 Å². The second-order valence-electron chi connectivity index (χ2n) is 2.38. The molecule has 7 nitrogen and oxygen atoms in total. The maximum Gasteiger partial charge on any atom is 0.322 e. The number of rotatable bonds is 3. The summed E-state index contributed by atoms with van der Waals surface area (Å²) in [5, 5.41) is 15.8. The number of aliphatic carboxylic acids is 1. The highest BCUT2D eigenvalue weighted by molar-refractivity contribution is 5.93. The fourth-order valence-electron chi connectivity index (χ4n) is 0.717. The summed E-state index contributed by atoms with van der Waals surface area (Å²) in [6.45, 7) is -0.486. The number of aromatic nitrogens is 2. The zero-order chi connectivity index (χ0) is 10.6. The third-order valence-corrected chi connectivity index (χ3v) is 1.31. The van der Waals surface area contributed by atoms with Crippen LogP contribution in [0, 0.1) is 0 Å². The molecule has 0 aliphatic heterocycles. The second kappa shape index (κ2) is 4.17. The molecule has 0 fully saturated rings. The Labute approximate surface area is 77.8 Å². The first-order valence-corrected chi connectivity index (χ1v) is 3.65. The molecule has 1 aromatic rings. The van der Waals surface area contributed by atoms with Gasteiger partial charge in [-0.25, -0.2) is 5.10 Å². The van der Waals surface area contributed by atoms with Crippen molar-refractivity contribution in [1.82, 2.24) is 15.5 Å². The van der Waals surface area contributed by atoms with Gasteiger partial charge in [0.2, 0.25) is 0 Å². The monoisotopic (exact) mass is 197 g/mol. The number of H-pyrrole nitrogens is 1. The maximum absolute atomic E-state index is 11.1. The van der Waals surface area contributed by atoms with Crippen LogP contribution in [0.2, 0.25) is 0 Å². The number of nitrogens with zero attached hydrogens (tertiary/aromatic N) is 1. The Morgan fingerprint density at radius 3 is 2.71 bits per heavy atom. The minimum atomic E-state index is -1.15. The quantitative estimate of drug-likeness (QED) is 0.550. The Morgan fingerprint density at radius 1 is 1.50 bits per heavy atom. The third kappa shape index (κ3) is 2.70. The molecule has 1 amide bonds. The summed E-state index contributed by atoms with van der Waals surface area (Å²) in [4.78, 5) is 31.8. The Bertz CT molecular complexity index is 391. The molecular weight excluding hydrogens is 190 g/mol. The van der Waals surface area contributed by atoms with E-state index in [0.717, 1.165) is 6.07 Å². The number of aromatic amines is 1. The number of carbonyl (C=O) groups is 2. The van der Waals surface area contributed by atoms with Crippen molar-refractivity contribution in [1.29, 1.82) is 0 Å². The zero-order valence-corrected chi connectivity index (χ0v) is 6.98. The molecule has 0 saturated heterocycles. The summed E-state index contributed by atoms with van der Waals surface area (Å²) in [5.41, 5.74) is -0.467. The van der Waals surface area contributed by atoms with Crippen LogP contribution in [0.3, 0.4) is 0 Å². The number of hydrogen-bond donors (Lipinski definition) is 3. The van der Waals surface area contributed by atoms with E-state index in [1.54, 1.807) is 0 Å². The fourth-order valence-corrected chi connectivity index (χ4v) is 0.717. The lowest BCUT2D eigenvalue weighted by Gasteiger charge is -1.99. The maximum atomic E-state index is 11.1. The van der Waals surface area contributed by atoms with Crippen molar-refractivity contribution in [2.24, 2.45) is 0 Å². The average Bonchev–Trinajstić information content (AvgIpc) is 2.15.